The Hall–Kier alpha value is -2.44. The van der Waals surface area contributed by atoms with E-state index >= 15 is 0 Å². The van der Waals surface area contributed by atoms with E-state index in [4.69, 9.17) is 0 Å². The highest BCUT2D eigenvalue weighted by molar-refractivity contribution is 5.28. The summed E-state index contributed by atoms with van der Waals surface area (Å²) in [4.78, 5) is 4.53. The molecule has 2 heterocycles. The minimum Gasteiger partial charge on any atom is -0.394 e. The molecule has 0 saturated carbocycles. The molecule has 0 amide bonds. The molecule has 0 bridgehead atoms. The number of aromatic nitrogens is 4. The number of hydrogen-bond acceptors (Lipinski definition) is 4. The average Bonchev–Trinajstić information content (AvgIpc) is 3.14. The molecular weight excluding hydrogens is 314 g/mol. The Morgan fingerprint density at radius 2 is 1.96 bits per heavy atom. The van der Waals surface area contributed by atoms with Crippen molar-refractivity contribution >= 4 is 0 Å². The molecular formula is C19H25N5O. The SMILES string of the molecule is Cc1nn(CCO)c(C)c1CNC(c1ccccc1)c1nccn1C. The summed E-state index contributed by atoms with van der Waals surface area (Å²) in [7, 11) is 2.01. The van der Waals surface area contributed by atoms with E-state index in [1.165, 1.54) is 11.1 Å². The molecule has 0 radical (unpaired) electrons. The van der Waals surface area contributed by atoms with Crippen molar-refractivity contribution < 1.29 is 5.11 Å². The minimum absolute atomic E-state index is 0.00110. The van der Waals surface area contributed by atoms with E-state index in [2.05, 4.69) is 27.5 Å². The molecule has 132 valence electrons. The number of nitrogens with one attached hydrogen (secondary N) is 1. The fourth-order valence-electron chi connectivity index (χ4n) is 3.17. The van der Waals surface area contributed by atoms with Gasteiger partial charge >= 0.3 is 0 Å². The third-order valence-corrected chi connectivity index (χ3v) is 4.58. The van der Waals surface area contributed by atoms with Crippen molar-refractivity contribution in [2.45, 2.75) is 33.0 Å². The number of imidazole rings is 1. The lowest BCUT2D eigenvalue weighted by Gasteiger charge is -2.19. The number of nitrogens with zero attached hydrogens (tertiary/aromatic N) is 4. The monoisotopic (exact) mass is 339 g/mol. The van der Waals surface area contributed by atoms with Crippen LogP contribution in [0, 0.1) is 13.8 Å². The second-order valence-corrected chi connectivity index (χ2v) is 6.22. The van der Waals surface area contributed by atoms with Gasteiger partial charge in [-0.2, -0.15) is 5.10 Å². The predicted molar refractivity (Wildman–Crippen MR) is 97.1 cm³/mol. The molecule has 25 heavy (non-hydrogen) atoms. The Morgan fingerprint density at radius 3 is 2.60 bits per heavy atom. The molecule has 1 atom stereocenters. The standard InChI is InChI=1S/C19H25N5O/c1-14-17(15(2)24(22-14)11-12-25)13-21-18(16-7-5-4-6-8-16)19-20-9-10-23(19)3/h4-10,18,21,25H,11-13H2,1-3H3. The van der Waals surface area contributed by atoms with Crippen LogP contribution in [0.5, 0.6) is 0 Å². The minimum atomic E-state index is 0.00110. The maximum atomic E-state index is 9.18. The van der Waals surface area contributed by atoms with E-state index in [0.717, 1.165) is 17.2 Å². The van der Waals surface area contributed by atoms with E-state index in [9.17, 15) is 5.11 Å². The predicted octanol–water partition coefficient (Wildman–Crippen LogP) is 2.10. The van der Waals surface area contributed by atoms with Gasteiger partial charge in [-0.1, -0.05) is 30.3 Å². The molecule has 0 aliphatic carbocycles. The summed E-state index contributed by atoms with van der Waals surface area (Å²) in [5.41, 5.74) is 4.43. The van der Waals surface area contributed by atoms with Crippen molar-refractivity contribution in [2.75, 3.05) is 6.61 Å². The molecule has 0 spiro atoms. The number of aliphatic hydroxyl groups is 1. The van der Waals surface area contributed by atoms with Crippen molar-refractivity contribution in [2.24, 2.45) is 7.05 Å². The summed E-state index contributed by atoms with van der Waals surface area (Å²) in [6, 6.07) is 10.3. The van der Waals surface area contributed by atoms with Crippen LogP contribution in [0.3, 0.4) is 0 Å². The number of aryl methyl sites for hydroxylation is 2. The molecule has 0 aliphatic rings. The van der Waals surface area contributed by atoms with Gasteiger partial charge < -0.3 is 9.67 Å². The number of hydrogen-bond donors (Lipinski definition) is 2. The quantitative estimate of drug-likeness (QED) is 0.692. The van der Waals surface area contributed by atoms with Crippen molar-refractivity contribution in [3.8, 4) is 0 Å². The second-order valence-electron chi connectivity index (χ2n) is 6.22. The van der Waals surface area contributed by atoms with E-state index < -0.39 is 0 Å². The molecule has 0 fully saturated rings. The Kier molecular flexibility index (Phi) is 5.31. The van der Waals surface area contributed by atoms with Crippen LogP contribution in [0.25, 0.3) is 0 Å². The van der Waals surface area contributed by atoms with Crippen LogP contribution in [0.15, 0.2) is 42.7 Å². The zero-order valence-electron chi connectivity index (χ0n) is 15.0. The maximum absolute atomic E-state index is 9.18. The highest BCUT2D eigenvalue weighted by atomic mass is 16.3. The third kappa shape index (κ3) is 3.65. The summed E-state index contributed by atoms with van der Waals surface area (Å²) in [5.74, 6) is 0.976. The Labute approximate surface area is 148 Å². The number of aliphatic hydroxyl groups excluding tert-OH is 1. The topological polar surface area (TPSA) is 67.9 Å². The van der Waals surface area contributed by atoms with Crippen LogP contribution >= 0.6 is 0 Å². The van der Waals surface area contributed by atoms with Gasteiger partial charge in [0.25, 0.3) is 0 Å². The van der Waals surface area contributed by atoms with Crippen LogP contribution in [0.2, 0.25) is 0 Å². The zero-order valence-corrected chi connectivity index (χ0v) is 15.0. The van der Waals surface area contributed by atoms with Gasteiger partial charge in [-0.3, -0.25) is 10.00 Å². The van der Waals surface area contributed by atoms with Gasteiger partial charge in [0.1, 0.15) is 5.82 Å². The van der Waals surface area contributed by atoms with Crippen molar-refractivity contribution in [1.82, 2.24) is 24.6 Å². The molecule has 3 rings (SSSR count). The molecule has 2 N–H and O–H groups in total. The summed E-state index contributed by atoms with van der Waals surface area (Å²) < 4.78 is 3.91. The maximum Gasteiger partial charge on any atom is 0.130 e. The van der Waals surface area contributed by atoms with E-state index in [1.807, 2.05) is 60.7 Å². The van der Waals surface area contributed by atoms with E-state index in [0.29, 0.717) is 13.1 Å². The number of rotatable bonds is 7. The molecule has 1 aromatic carbocycles. The zero-order chi connectivity index (χ0) is 17.8. The Balaban J connectivity index is 1.86. The molecule has 3 aromatic rings. The Morgan fingerprint density at radius 1 is 1.20 bits per heavy atom. The number of benzene rings is 1. The van der Waals surface area contributed by atoms with Gasteiger partial charge in [-0.15, -0.1) is 0 Å². The summed E-state index contributed by atoms with van der Waals surface area (Å²) >= 11 is 0. The molecule has 0 aliphatic heterocycles. The first-order valence-electron chi connectivity index (χ1n) is 8.51. The van der Waals surface area contributed by atoms with E-state index in [-0.39, 0.29) is 12.6 Å². The fourth-order valence-corrected chi connectivity index (χ4v) is 3.17. The Bertz CT molecular complexity index is 822. The van der Waals surface area contributed by atoms with Crippen LogP contribution in [-0.2, 0) is 20.1 Å². The van der Waals surface area contributed by atoms with Crippen LogP contribution in [0.1, 0.15) is 34.4 Å². The third-order valence-electron chi connectivity index (χ3n) is 4.58. The molecule has 6 nitrogen and oxygen atoms in total. The molecule has 6 heteroatoms. The highest BCUT2D eigenvalue weighted by Gasteiger charge is 2.19. The average molecular weight is 339 g/mol. The van der Waals surface area contributed by atoms with Crippen molar-refractivity contribution in [3.05, 3.63) is 71.1 Å². The van der Waals surface area contributed by atoms with Gasteiger partial charge in [-0.05, 0) is 19.4 Å². The summed E-state index contributed by atoms with van der Waals surface area (Å²) in [6.45, 7) is 5.36. The smallest absolute Gasteiger partial charge is 0.130 e. The van der Waals surface area contributed by atoms with Gasteiger partial charge in [0.05, 0.1) is 24.9 Å². The van der Waals surface area contributed by atoms with Crippen LogP contribution in [0.4, 0.5) is 0 Å². The lowest BCUT2D eigenvalue weighted by molar-refractivity contribution is 0.267. The first kappa shape index (κ1) is 17.4. The lowest BCUT2D eigenvalue weighted by atomic mass is 10.1. The highest BCUT2D eigenvalue weighted by Crippen LogP contribution is 2.22. The summed E-state index contributed by atoms with van der Waals surface area (Å²) in [5, 5.41) is 17.3. The molecule has 2 aromatic heterocycles. The fraction of sp³-hybridized carbons (Fsp3) is 0.368. The van der Waals surface area contributed by atoms with E-state index in [1.54, 1.807) is 0 Å². The van der Waals surface area contributed by atoms with Gasteiger partial charge in [0, 0.05) is 37.2 Å². The van der Waals surface area contributed by atoms with Crippen LogP contribution in [-0.4, -0.2) is 31.0 Å². The summed E-state index contributed by atoms with van der Waals surface area (Å²) in [6.07, 6.45) is 3.78. The normalized spacial score (nSPS) is 12.5. The second kappa shape index (κ2) is 7.63. The van der Waals surface area contributed by atoms with Gasteiger partial charge in [0.15, 0.2) is 0 Å². The van der Waals surface area contributed by atoms with Gasteiger partial charge in [0.2, 0.25) is 0 Å². The van der Waals surface area contributed by atoms with Gasteiger partial charge in [-0.25, -0.2) is 4.98 Å². The first-order chi connectivity index (χ1) is 12.1. The molecule has 0 saturated heterocycles. The largest absolute Gasteiger partial charge is 0.394 e. The van der Waals surface area contributed by atoms with Crippen molar-refractivity contribution in [1.29, 1.82) is 0 Å². The lowest BCUT2D eigenvalue weighted by Crippen LogP contribution is -2.25. The molecule has 1 unspecified atom stereocenters. The van der Waals surface area contributed by atoms with Crippen LogP contribution < -0.4 is 5.32 Å². The van der Waals surface area contributed by atoms with Crippen molar-refractivity contribution in [3.63, 3.8) is 0 Å². The first-order valence-corrected chi connectivity index (χ1v) is 8.51.